The number of nitrogens with one attached hydrogen (secondary N) is 3. The number of benzene rings is 2. The predicted molar refractivity (Wildman–Crippen MR) is 114 cm³/mol. The minimum Gasteiger partial charge on any atom is -0.483 e. The molecule has 0 unspecified atom stereocenters. The summed E-state index contributed by atoms with van der Waals surface area (Å²) in [6.45, 7) is 5.51. The number of anilines is 1. The SMILES string of the molecule is CCc1ccc(NC(=O)C=C(C)NNC(=O)COc2ccc(Br)cc2C)cc1. The third-order valence-corrected chi connectivity index (χ3v) is 4.37. The van der Waals surface area contributed by atoms with Crippen LogP contribution in [0.15, 0.2) is 58.7 Å². The zero-order valence-electron chi connectivity index (χ0n) is 16.1. The van der Waals surface area contributed by atoms with Crippen molar-refractivity contribution in [1.82, 2.24) is 10.9 Å². The van der Waals surface area contributed by atoms with Crippen molar-refractivity contribution < 1.29 is 14.3 Å². The quantitative estimate of drug-likeness (QED) is 0.425. The van der Waals surface area contributed by atoms with E-state index < -0.39 is 0 Å². The van der Waals surface area contributed by atoms with E-state index in [4.69, 9.17) is 4.74 Å². The maximum absolute atomic E-state index is 12.0. The first-order chi connectivity index (χ1) is 13.4. The number of hydrazine groups is 1. The van der Waals surface area contributed by atoms with Crippen LogP contribution < -0.4 is 20.9 Å². The molecule has 7 heteroatoms. The smallest absolute Gasteiger partial charge is 0.276 e. The Morgan fingerprint density at radius 1 is 1.11 bits per heavy atom. The molecule has 2 aromatic rings. The van der Waals surface area contributed by atoms with Crippen molar-refractivity contribution in [3.05, 3.63) is 69.8 Å². The van der Waals surface area contributed by atoms with Gasteiger partial charge in [0.15, 0.2) is 6.61 Å². The normalized spacial score (nSPS) is 10.9. The van der Waals surface area contributed by atoms with Gasteiger partial charge in [0.2, 0.25) is 5.91 Å². The zero-order valence-corrected chi connectivity index (χ0v) is 17.7. The second-order valence-electron chi connectivity index (χ2n) is 6.24. The summed E-state index contributed by atoms with van der Waals surface area (Å²) in [4.78, 5) is 23.9. The van der Waals surface area contributed by atoms with Gasteiger partial charge in [0.25, 0.3) is 5.91 Å². The Balaban J connectivity index is 1.77. The van der Waals surface area contributed by atoms with E-state index in [-0.39, 0.29) is 18.4 Å². The summed E-state index contributed by atoms with van der Waals surface area (Å²) in [6, 6.07) is 13.2. The molecule has 3 N–H and O–H groups in total. The number of hydrogen-bond acceptors (Lipinski definition) is 4. The van der Waals surface area contributed by atoms with E-state index in [0.717, 1.165) is 16.5 Å². The molecule has 2 amide bonds. The zero-order chi connectivity index (χ0) is 20.5. The first kappa shape index (κ1) is 21.5. The van der Waals surface area contributed by atoms with E-state index in [1.54, 1.807) is 13.0 Å². The monoisotopic (exact) mass is 445 g/mol. The third kappa shape index (κ3) is 7.08. The van der Waals surface area contributed by atoms with Crippen LogP contribution in [0, 0.1) is 6.92 Å². The Kier molecular flexibility index (Phi) is 8.07. The molecule has 6 nitrogen and oxygen atoms in total. The number of hydrogen-bond donors (Lipinski definition) is 3. The van der Waals surface area contributed by atoms with Gasteiger partial charge in [-0.3, -0.25) is 15.0 Å². The van der Waals surface area contributed by atoms with Crippen LogP contribution >= 0.6 is 15.9 Å². The van der Waals surface area contributed by atoms with Gasteiger partial charge in [-0.05, 0) is 61.7 Å². The topological polar surface area (TPSA) is 79.5 Å². The highest BCUT2D eigenvalue weighted by Gasteiger charge is 2.06. The Hall–Kier alpha value is -2.80. The van der Waals surface area contributed by atoms with Gasteiger partial charge < -0.3 is 15.5 Å². The number of halogens is 1. The van der Waals surface area contributed by atoms with Gasteiger partial charge in [-0.15, -0.1) is 0 Å². The number of amides is 2. The Morgan fingerprint density at radius 3 is 2.46 bits per heavy atom. The van der Waals surface area contributed by atoms with Crippen LogP contribution in [-0.4, -0.2) is 18.4 Å². The molecule has 0 saturated heterocycles. The number of carbonyl (C=O) groups is 2. The van der Waals surface area contributed by atoms with Crippen molar-refractivity contribution in [3.8, 4) is 5.75 Å². The largest absolute Gasteiger partial charge is 0.483 e. The predicted octanol–water partition coefficient (Wildman–Crippen LogP) is 3.86. The minimum atomic E-state index is -0.356. The van der Waals surface area contributed by atoms with Crippen molar-refractivity contribution in [2.45, 2.75) is 27.2 Å². The van der Waals surface area contributed by atoms with Crippen LogP contribution in [0.1, 0.15) is 25.0 Å². The molecule has 0 aliphatic heterocycles. The first-order valence-electron chi connectivity index (χ1n) is 8.89. The Bertz CT molecular complexity index is 864. The average molecular weight is 446 g/mol. The van der Waals surface area contributed by atoms with E-state index >= 15 is 0 Å². The van der Waals surface area contributed by atoms with Gasteiger partial charge >= 0.3 is 0 Å². The van der Waals surface area contributed by atoms with E-state index in [9.17, 15) is 9.59 Å². The highest BCUT2D eigenvalue weighted by molar-refractivity contribution is 9.10. The lowest BCUT2D eigenvalue weighted by Gasteiger charge is -2.11. The summed E-state index contributed by atoms with van der Waals surface area (Å²) in [5.74, 6) is -0.00468. The van der Waals surface area contributed by atoms with Gasteiger partial charge in [-0.25, -0.2) is 0 Å². The van der Waals surface area contributed by atoms with Crippen LogP contribution in [0.4, 0.5) is 5.69 Å². The fraction of sp³-hybridized carbons (Fsp3) is 0.238. The highest BCUT2D eigenvalue weighted by atomic mass is 79.9. The summed E-state index contributed by atoms with van der Waals surface area (Å²) in [6.07, 6.45) is 2.32. The molecular formula is C21H24BrN3O3. The van der Waals surface area contributed by atoms with Crippen LogP contribution in [-0.2, 0) is 16.0 Å². The first-order valence-corrected chi connectivity index (χ1v) is 9.68. The van der Waals surface area contributed by atoms with Crippen molar-refractivity contribution >= 4 is 33.4 Å². The second kappa shape index (κ2) is 10.5. The van der Waals surface area contributed by atoms with Crippen molar-refractivity contribution in [1.29, 1.82) is 0 Å². The summed E-state index contributed by atoms with van der Waals surface area (Å²) in [5, 5.41) is 2.77. The highest BCUT2D eigenvalue weighted by Crippen LogP contribution is 2.21. The molecule has 0 aromatic heterocycles. The molecule has 0 aliphatic rings. The maximum atomic E-state index is 12.0. The van der Waals surface area contributed by atoms with E-state index in [2.05, 4.69) is 39.0 Å². The fourth-order valence-electron chi connectivity index (χ4n) is 2.36. The Morgan fingerprint density at radius 2 is 1.82 bits per heavy atom. The molecule has 0 radical (unpaired) electrons. The van der Waals surface area contributed by atoms with Crippen molar-refractivity contribution in [2.24, 2.45) is 0 Å². The van der Waals surface area contributed by atoms with E-state index in [1.807, 2.05) is 43.3 Å². The standard InChI is InChI=1S/C21H24BrN3O3/c1-4-16-5-8-18(9-6-16)23-20(26)12-15(3)24-25-21(27)13-28-19-10-7-17(22)11-14(19)2/h5-12,24H,4,13H2,1-3H3,(H,23,26)(H,25,27). The number of aryl methyl sites for hydroxylation is 2. The molecule has 0 heterocycles. The lowest BCUT2D eigenvalue weighted by molar-refractivity contribution is -0.124. The molecule has 0 bridgehead atoms. The summed E-state index contributed by atoms with van der Waals surface area (Å²) in [7, 11) is 0. The molecule has 2 aromatic carbocycles. The molecule has 0 saturated carbocycles. The number of rotatable bonds is 8. The van der Waals surface area contributed by atoms with E-state index in [0.29, 0.717) is 17.1 Å². The van der Waals surface area contributed by atoms with Gasteiger partial charge in [-0.1, -0.05) is 35.0 Å². The van der Waals surface area contributed by atoms with Crippen LogP contribution in [0.2, 0.25) is 0 Å². The third-order valence-electron chi connectivity index (χ3n) is 3.87. The number of carbonyl (C=O) groups excluding carboxylic acids is 2. The van der Waals surface area contributed by atoms with E-state index in [1.165, 1.54) is 11.6 Å². The van der Waals surface area contributed by atoms with Crippen molar-refractivity contribution in [2.75, 3.05) is 11.9 Å². The molecule has 28 heavy (non-hydrogen) atoms. The molecule has 0 aliphatic carbocycles. The average Bonchev–Trinajstić information content (AvgIpc) is 2.66. The maximum Gasteiger partial charge on any atom is 0.276 e. The molecule has 0 atom stereocenters. The summed E-state index contributed by atoms with van der Waals surface area (Å²) < 4.78 is 6.44. The van der Waals surface area contributed by atoms with Crippen LogP contribution in [0.25, 0.3) is 0 Å². The van der Waals surface area contributed by atoms with Crippen LogP contribution in [0.3, 0.4) is 0 Å². The Labute approximate surface area is 173 Å². The second-order valence-corrected chi connectivity index (χ2v) is 7.15. The molecular weight excluding hydrogens is 422 g/mol. The fourth-order valence-corrected chi connectivity index (χ4v) is 2.83. The minimum absolute atomic E-state index is 0.140. The van der Waals surface area contributed by atoms with Crippen molar-refractivity contribution in [3.63, 3.8) is 0 Å². The van der Waals surface area contributed by atoms with Gasteiger partial charge in [0, 0.05) is 21.9 Å². The molecule has 0 spiro atoms. The molecule has 2 rings (SSSR count). The van der Waals surface area contributed by atoms with Gasteiger partial charge in [-0.2, -0.15) is 0 Å². The number of ether oxygens (including phenoxy) is 1. The molecule has 148 valence electrons. The molecule has 0 fully saturated rings. The van der Waals surface area contributed by atoms with Gasteiger partial charge in [0.05, 0.1) is 0 Å². The lowest BCUT2D eigenvalue weighted by Crippen LogP contribution is -2.39. The lowest BCUT2D eigenvalue weighted by atomic mass is 10.1. The van der Waals surface area contributed by atoms with Gasteiger partial charge in [0.1, 0.15) is 5.75 Å². The summed E-state index contributed by atoms with van der Waals surface area (Å²) >= 11 is 3.38. The summed E-state index contributed by atoms with van der Waals surface area (Å²) in [5.41, 5.74) is 8.53. The van der Waals surface area contributed by atoms with Crippen LogP contribution in [0.5, 0.6) is 5.75 Å². The number of allylic oxidation sites excluding steroid dienone is 1.